The van der Waals surface area contributed by atoms with E-state index in [0.29, 0.717) is 10.9 Å². The molecule has 4 nitrogen and oxygen atoms in total. The highest BCUT2D eigenvalue weighted by Gasteiger charge is 2.40. The first-order valence-corrected chi connectivity index (χ1v) is 12.1. The number of fused-ring (bicyclic) bond motifs is 1. The van der Waals surface area contributed by atoms with Gasteiger partial charge in [0.05, 0.1) is 23.8 Å². The third-order valence-corrected chi connectivity index (χ3v) is 9.66. The smallest absolute Gasteiger partial charge is 0.393 e. The van der Waals surface area contributed by atoms with Gasteiger partial charge in [0.15, 0.2) is 5.82 Å². The van der Waals surface area contributed by atoms with Gasteiger partial charge in [-0.05, 0) is 41.9 Å². The van der Waals surface area contributed by atoms with Crippen molar-refractivity contribution in [3.63, 3.8) is 0 Å². The van der Waals surface area contributed by atoms with Crippen molar-refractivity contribution in [2.75, 3.05) is 0 Å². The van der Waals surface area contributed by atoms with Crippen molar-refractivity contribution < 1.29 is 22.0 Å². The number of nitrogens with zero attached hydrogens (tertiary/aromatic N) is 2. The first-order chi connectivity index (χ1) is 13.3. The average Bonchev–Trinajstić information content (AvgIpc) is 3.02. The van der Waals surface area contributed by atoms with Crippen molar-refractivity contribution in [3.05, 3.63) is 42.0 Å². The van der Waals surface area contributed by atoms with Gasteiger partial charge in [0.25, 0.3) is 8.32 Å². The largest absolute Gasteiger partial charge is 0.542 e. The minimum atomic E-state index is -4.46. The number of aromatic nitrogens is 3. The van der Waals surface area contributed by atoms with Gasteiger partial charge in [-0.1, -0.05) is 20.8 Å². The molecule has 0 atom stereocenters. The topological polar surface area (TPSA) is 50.8 Å². The van der Waals surface area contributed by atoms with E-state index in [1.54, 1.807) is 12.3 Å². The summed E-state index contributed by atoms with van der Waals surface area (Å²) in [6.07, 6.45) is -2.62. The molecule has 0 radical (unpaired) electrons. The predicted molar refractivity (Wildman–Crippen MR) is 107 cm³/mol. The van der Waals surface area contributed by atoms with Gasteiger partial charge in [-0.15, -0.1) is 0 Å². The molecule has 1 aromatic carbocycles. The van der Waals surface area contributed by atoms with Crippen LogP contribution in [-0.4, -0.2) is 29.7 Å². The number of hydrogen-bond donors (Lipinski definition) is 1. The SMILES string of the molecule is CC(C)(C)[Si](C)(C)Oc1cc(CC(F)(F)F)c(-c2cc3[nH]ncc3cn2)cc1F. The predicted octanol–water partition coefficient (Wildman–Crippen LogP) is 6.25. The van der Waals surface area contributed by atoms with Crippen LogP contribution in [0.5, 0.6) is 5.75 Å². The number of H-pyrrole nitrogens is 1. The van der Waals surface area contributed by atoms with Crippen molar-refractivity contribution in [2.45, 2.75) is 51.5 Å². The van der Waals surface area contributed by atoms with Crippen molar-refractivity contribution in [2.24, 2.45) is 0 Å². The lowest BCUT2D eigenvalue weighted by molar-refractivity contribution is -0.127. The number of benzene rings is 1. The molecule has 0 saturated carbocycles. The molecule has 0 bridgehead atoms. The standard InChI is InChI=1S/C20H23F4N3OSi/c1-19(2,3)29(4,5)28-18-6-12(9-20(22,23)24)14(7-15(18)21)17-8-16-13(10-25-17)11-26-27-16/h6-8,10-11H,9H2,1-5H3,(H,26,27). The highest BCUT2D eigenvalue weighted by molar-refractivity contribution is 6.74. The van der Waals surface area contributed by atoms with E-state index in [0.717, 1.165) is 12.1 Å². The van der Waals surface area contributed by atoms with Crippen LogP contribution < -0.4 is 4.43 Å². The molecule has 2 heterocycles. The minimum Gasteiger partial charge on any atom is -0.542 e. The summed E-state index contributed by atoms with van der Waals surface area (Å²) < 4.78 is 60.6. The van der Waals surface area contributed by atoms with E-state index < -0.39 is 26.7 Å². The van der Waals surface area contributed by atoms with Gasteiger partial charge < -0.3 is 4.43 Å². The molecule has 0 aliphatic rings. The van der Waals surface area contributed by atoms with Crippen LogP contribution in [0.25, 0.3) is 22.2 Å². The zero-order valence-corrected chi connectivity index (χ0v) is 17.9. The van der Waals surface area contributed by atoms with Crippen molar-refractivity contribution in [1.29, 1.82) is 0 Å². The van der Waals surface area contributed by atoms with Crippen molar-refractivity contribution in [1.82, 2.24) is 15.2 Å². The zero-order chi connectivity index (χ0) is 21.6. The second-order valence-electron chi connectivity index (χ2n) is 8.62. The van der Waals surface area contributed by atoms with E-state index in [4.69, 9.17) is 4.43 Å². The Morgan fingerprint density at radius 3 is 2.38 bits per heavy atom. The molecule has 0 amide bonds. The molecule has 0 fully saturated rings. The molecule has 0 aliphatic heterocycles. The van der Waals surface area contributed by atoms with E-state index in [-0.39, 0.29) is 27.6 Å². The quantitative estimate of drug-likeness (QED) is 0.397. The lowest BCUT2D eigenvalue weighted by atomic mass is 10.00. The Hall–Kier alpha value is -2.42. The fourth-order valence-electron chi connectivity index (χ4n) is 2.69. The number of nitrogens with one attached hydrogen (secondary N) is 1. The van der Waals surface area contributed by atoms with Gasteiger partial charge in [0.1, 0.15) is 5.75 Å². The Labute approximate surface area is 167 Å². The molecule has 3 rings (SSSR count). The molecule has 0 saturated heterocycles. The molecule has 156 valence electrons. The number of hydrogen-bond acceptors (Lipinski definition) is 3. The summed E-state index contributed by atoms with van der Waals surface area (Å²) in [6.45, 7) is 9.76. The van der Waals surface area contributed by atoms with Gasteiger partial charge in [-0.25, -0.2) is 4.39 Å². The molecule has 2 aromatic heterocycles. The third-order valence-electron chi connectivity index (χ3n) is 5.32. The number of pyridine rings is 1. The summed E-state index contributed by atoms with van der Waals surface area (Å²) >= 11 is 0. The van der Waals surface area contributed by atoms with Gasteiger partial charge in [-0.2, -0.15) is 18.3 Å². The van der Waals surface area contributed by atoms with Gasteiger partial charge in [-0.3, -0.25) is 10.1 Å². The second-order valence-corrected chi connectivity index (χ2v) is 13.3. The Bertz CT molecular complexity index is 1040. The normalized spacial score (nSPS) is 13.1. The minimum absolute atomic E-state index is 0.0823. The first kappa shape index (κ1) is 21.3. The van der Waals surface area contributed by atoms with E-state index in [1.165, 1.54) is 6.20 Å². The summed E-state index contributed by atoms with van der Waals surface area (Å²) in [5.74, 6) is -0.857. The van der Waals surface area contributed by atoms with E-state index in [9.17, 15) is 17.6 Å². The molecule has 0 spiro atoms. The summed E-state index contributed by atoms with van der Waals surface area (Å²) in [5, 5.41) is 7.11. The fraction of sp³-hybridized carbons (Fsp3) is 0.400. The van der Waals surface area contributed by atoms with Crippen molar-refractivity contribution >= 4 is 19.2 Å². The molecule has 1 N–H and O–H groups in total. The summed E-state index contributed by atoms with van der Waals surface area (Å²) in [6, 6.07) is 3.80. The van der Waals surface area contributed by atoms with Crippen LogP contribution >= 0.6 is 0 Å². The van der Waals surface area contributed by atoms with Crippen LogP contribution in [0.4, 0.5) is 17.6 Å². The van der Waals surface area contributed by atoms with Crippen LogP contribution in [0, 0.1) is 5.82 Å². The van der Waals surface area contributed by atoms with Crippen molar-refractivity contribution in [3.8, 4) is 17.0 Å². The monoisotopic (exact) mass is 425 g/mol. The van der Waals surface area contributed by atoms with Crippen LogP contribution in [0.2, 0.25) is 18.1 Å². The first-order valence-electron chi connectivity index (χ1n) is 9.14. The molecular weight excluding hydrogens is 402 g/mol. The zero-order valence-electron chi connectivity index (χ0n) is 16.9. The van der Waals surface area contributed by atoms with E-state index >= 15 is 0 Å². The second kappa shape index (κ2) is 7.12. The maximum Gasteiger partial charge on any atom is 0.393 e. The number of rotatable bonds is 4. The molecule has 0 aliphatic carbocycles. The Morgan fingerprint density at radius 1 is 1.07 bits per heavy atom. The number of aromatic amines is 1. The molecule has 9 heteroatoms. The lowest BCUT2D eigenvalue weighted by Gasteiger charge is -2.36. The maximum absolute atomic E-state index is 14.9. The van der Waals surface area contributed by atoms with Gasteiger partial charge in [0.2, 0.25) is 0 Å². The fourth-order valence-corrected chi connectivity index (χ4v) is 3.70. The van der Waals surface area contributed by atoms with Crippen LogP contribution in [0.3, 0.4) is 0 Å². The van der Waals surface area contributed by atoms with E-state index in [1.807, 2.05) is 33.9 Å². The van der Waals surface area contributed by atoms with Gasteiger partial charge >= 0.3 is 6.18 Å². The molecule has 0 unspecified atom stereocenters. The Balaban J connectivity index is 2.12. The van der Waals surface area contributed by atoms with Gasteiger partial charge in [0, 0.05) is 17.1 Å². The maximum atomic E-state index is 14.9. The summed E-state index contributed by atoms with van der Waals surface area (Å²) in [5.41, 5.74) is 0.839. The lowest BCUT2D eigenvalue weighted by Crippen LogP contribution is -2.44. The highest BCUT2D eigenvalue weighted by Crippen LogP contribution is 2.40. The van der Waals surface area contributed by atoms with Crippen LogP contribution in [0.1, 0.15) is 26.3 Å². The molecular formula is C20H23F4N3OSi. The third kappa shape index (κ3) is 4.60. The molecule has 3 aromatic rings. The van der Waals surface area contributed by atoms with E-state index in [2.05, 4.69) is 15.2 Å². The average molecular weight is 426 g/mol. The number of alkyl halides is 3. The summed E-state index contributed by atoms with van der Waals surface area (Å²) in [7, 11) is -2.43. The molecule has 29 heavy (non-hydrogen) atoms. The Morgan fingerprint density at radius 2 is 1.76 bits per heavy atom. The highest BCUT2D eigenvalue weighted by atomic mass is 28.4. The van der Waals surface area contributed by atoms with Crippen LogP contribution in [0.15, 0.2) is 30.6 Å². The number of halogens is 4. The summed E-state index contributed by atoms with van der Waals surface area (Å²) in [4.78, 5) is 4.20. The Kier molecular flexibility index (Phi) is 5.23. The van der Waals surface area contributed by atoms with Crippen LogP contribution in [-0.2, 0) is 6.42 Å².